The average molecular weight is 310 g/mol. The van der Waals surface area contributed by atoms with E-state index in [2.05, 4.69) is 16.6 Å². The first-order valence-corrected chi connectivity index (χ1v) is 8.33. The molecule has 1 aromatic rings. The van der Waals surface area contributed by atoms with E-state index >= 15 is 0 Å². The van der Waals surface area contributed by atoms with Crippen LogP contribution in [0.5, 0.6) is 0 Å². The van der Waals surface area contributed by atoms with Gasteiger partial charge in [-0.2, -0.15) is 0 Å². The first-order chi connectivity index (χ1) is 9.86. The number of nitrogens with two attached hydrogens (primary N) is 1. The Kier molecular flexibility index (Phi) is 4.67. The van der Waals surface area contributed by atoms with Crippen LogP contribution in [0, 0.1) is 23.1 Å². The largest absolute Gasteiger partial charge is 0.320 e. The van der Waals surface area contributed by atoms with E-state index in [4.69, 9.17) is 5.73 Å². The minimum Gasteiger partial charge on any atom is -0.320 e. The second-order valence-corrected chi connectivity index (χ2v) is 7.40. The van der Waals surface area contributed by atoms with Crippen molar-refractivity contribution in [1.29, 1.82) is 0 Å². The first-order valence-electron chi connectivity index (χ1n) is 6.84. The van der Waals surface area contributed by atoms with Gasteiger partial charge in [0.05, 0.1) is 17.0 Å². The predicted molar refractivity (Wildman–Crippen MR) is 79.5 cm³/mol. The molecular weight excluding hydrogens is 291 g/mol. The SMILES string of the molecule is CC1(CNS(=O)(=O)c2ccc(C#CCN)c(F)c2)CCC1. The summed E-state index contributed by atoms with van der Waals surface area (Å²) in [5.74, 6) is 4.44. The van der Waals surface area contributed by atoms with Crippen LogP contribution in [0.4, 0.5) is 4.39 Å². The maximum absolute atomic E-state index is 13.8. The average Bonchev–Trinajstić information content (AvgIpc) is 2.42. The van der Waals surface area contributed by atoms with Gasteiger partial charge in [0.2, 0.25) is 10.0 Å². The van der Waals surface area contributed by atoms with E-state index in [0.29, 0.717) is 6.54 Å². The van der Waals surface area contributed by atoms with Crippen molar-refractivity contribution in [2.24, 2.45) is 11.1 Å². The monoisotopic (exact) mass is 310 g/mol. The summed E-state index contributed by atoms with van der Waals surface area (Å²) in [6.07, 6.45) is 3.15. The lowest BCUT2D eigenvalue weighted by Gasteiger charge is -2.38. The highest BCUT2D eigenvalue weighted by atomic mass is 32.2. The van der Waals surface area contributed by atoms with Crippen LogP contribution in [0.2, 0.25) is 0 Å². The molecule has 0 bridgehead atoms. The van der Waals surface area contributed by atoms with E-state index < -0.39 is 15.8 Å². The molecule has 0 heterocycles. The van der Waals surface area contributed by atoms with Crippen LogP contribution in [0.3, 0.4) is 0 Å². The number of hydrogen-bond acceptors (Lipinski definition) is 3. The summed E-state index contributed by atoms with van der Waals surface area (Å²) in [5, 5.41) is 0. The Morgan fingerprint density at radius 1 is 1.43 bits per heavy atom. The van der Waals surface area contributed by atoms with E-state index in [0.717, 1.165) is 25.3 Å². The maximum Gasteiger partial charge on any atom is 0.240 e. The summed E-state index contributed by atoms with van der Waals surface area (Å²) in [6.45, 7) is 2.55. The van der Waals surface area contributed by atoms with Crippen LogP contribution in [-0.2, 0) is 10.0 Å². The maximum atomic E-state index is 13.8. The van der Waals surface area contributed by atoms with Crippen LogP contribution in [-0.4, -0.2) is 21.5 Å². The third-order valence-corrected chi connectivity index (χ3v) is 5.22. The number of sulfonamides is 1. The normalized spacial score (nSPS) is 16.7. The Labute approximate surface area is 125 Å². The Morgan fingerprint density at radius 2 is 2.14 bits per heavy atom. The van der Waals surface area contributed by atoms with E-state index in [1.165, 1.54) is 12.1 Å². The van der Waals surface area contributed by atoms with Gasteiger partial charge < -0.3 is 5.73 Å². The highest BCUT2D eigenvalue weighted by molar-refractivity contribution is 7.89. The summed E-state index contributed by atoms with van der Waals surface area (Å²) in [5.41, 5.74) is 5.39. The molecule has 0 aliphatic heterocycles. The first kappa shape index (κ1) is 16.0. The van der Waals surface area contributed by atoms with Crippen molar-refractivity contribution in [3.05, 3.63) is 29.6 Å². The molecule has 21 heavy (non-hydrogen) atoms. The van der Waals surface area contributed by atoms with Gasteiger partial charge >= 0.3 is 0 Å². The quantitative estimate of drug-likeness (QED) is 0.830. The zero-order chi connectivity index (χ0) is 15.5. The highest BCUT2D eigenvalue weighted by Crippen LogP contribution is 2.39. The summed E-state index contributed by atoms with van der Waals surface area (Å²) < 4.78 is 40.7. The summed E-state index contributed by atoms with van der Waals surface area (Å²) in [4.78, 5) is -0.0822. The minimum atomic E-state index is -3.69. The van der Waals surface area contributed by atoms with Gasteiger partial charge in [-0.1, -0.05) is 25.2 Å². The highest BCUT2D eigenvalue weighted by Gasteiger charge is 2.33. The van der Waals surface area contributed by atoms with E-state index in [-0.39, 0.29) is 22.4 Å². The number of benzene rings is 1. The number of nitrogens with one attached hydrogen (secondary N) is 1. The molecule has 1 aliphatic rings. The molecule has 1 saturated carbocycles. The molecule has 0 aromatic heterocycles. The van der Waals surface area contributed by atoms with Crippen molar-refractivity contribution < 1.29 is 12.8 Å². The molecule has 0 saturated heterocycles. The van der Waals surface area contributed by atoms with Gasteiger partial charge in [0, 0.05) is 6.54 Å². The second kappa shape index (κ2) is 6.14. The fraction of sp³-hybridized carbons (Fsp3) is 0.467. The number of hydrogen-bond donors (Lipinski definition) is 2. The molecule has 1 fully saturated rings. The number of halogens is 1. The van der Waals surface area contributed by atoms with Gasteiger partial charge in [0.25, 0.3) is 0 Å². The van der Waals surface area contributed by atoms with E-state index in [1.807, 2.05) is 6.92 Å². The van der Waals surface area contributed by atoms with Crippen molar-refractivity contribution in [3.8, 4) is 11.8 Å². The topological polar surface area (TPSA) is 72.2 Å². The van der Waals surface area contributed by atoms with Crippen molar-refractivity contribution in [2.75, 3.05) is 13.1 Å². The summed E-state index contributed by atoms with van der Waals surface area (Å²) in [6, 6.07) is 3.71. The molecule has 0 radical (unpaired) electrons. The Balaban J connectivity index is 2.14. The molecule has 0 spiro atoms. The van der Waals surface area contributed by atoms with Gasteiger partial charge in [0.1, 0.15) is 5.82 Å². The fourth-order valence-corrected chi connectivity index (χ4v) is 3.43. The van der Waals surface area contributed by atoms with Crippen LogP contribution < -0.4 is 10.5 Å². The summed E-state index contributed by atoms with van der Waals surface area (Å²) in [7, 11) is -3.69. The van der Waals surface area contributed by atoms with Crippen LogP contribution in [0.15, 0.2) is 23.1 Å². The molecule has 114 valence electrons. The van der Waals surface area contributed by atoms with E-state index in [1.54, 1.807) is 0 Å². The molecule has 1 aliphatic carbocycles. The molecule has 4 nitrogen and oxygen atoms in total. The smallest absolute Gasteiger partial charge is 0.240 e. The standard InChI is InChI=1S/C15H19FN2O2S/c1-15(7-3-8-15)11-18-21(19,20)13-6-5-12(4-2-9-17)14(16)10-13/h5-6,10,18H,3,7-9,11,17H2,1H3. The van der Waals surface area contributed by atoms with Crippen LogP contribution in [0.1, 0.15) is 31.7 Å². The van der Waals surface area contributed by atoms with Crippen molar-refractivity contribution in [3.63, 3.8) is 0 Å². The van der Waals surface area contributed by atoms with Gasteiger partial charge in [0.15, 0.2) is 0 Å². The van der Waals surface area contributed by atoms with E-state index in [9.17, 15) is 12.8 Å². The third-order valence-electron chi connectivity index (χ3n) is 3.83. The molecule has 1 aromatic carbocycles. The Hall–Kier alpha value is -1.42. The number of rotatable bonds is 4. The Bertz CT molecular complexity index is 685. The van der Waals surface area contributed by atoms with Crippen molar-refractivity contribution >= 4 is 10.0 Å². The van der Waals surface area contributed by atoms with Crippen LogP contribution >= 0.6 is 0 Å². The molecule has 3 N–H and O–H groups in total. The lowest BCUT2D eigenvalue weighted by molar-refractivity contribution is 0.166. The van der Waals surface area contributed by atoms with Gasteiger partial charge in [-0.15, -0.1) is 0 Å². The molecule has 2 rings (SSSR count). The zero-order valence-electron chi connectivity index (χ0n) is 11.9. The molecule has 6 heteroatoms. The lowest BCUT2D eigenvalue weighted by Crippen LogP contribution is -2.39. The third kappa shape index (κ3) is 3.82. The van der Waals surface area contributed by atoms with Crippen LogP contribution in [0.25, 0.3) is 0 Å². The van der Waals surface area contributed by atoms with Gasteiger partial charge in [-0.05, 0) is 36.5 Å². The Morgan fingerprint density at radius 3 is 2.67 bits per heavy atom. The van der Waals surface area contributed by atoms with Crippen molar-refractivity contribution in [2.45, 2.75) is 31.1 Å². The molecular formula is C15H19FN2O2S. The summed E-state index contributed by atoms with van der Waals surface area (Å²) >= 11 is 0. The fourth-order valence-electron chi connectivity index (χ4n) is 2.22. The van der Waals surface area contributed by atoms with Crippen molar-refractivity contribution in [1.82, 2.24) is 4.72 Å². The minimum absolute atomic E-state index is 0.0259. The second-order valence-electron chi connectivity index (χ2n) is 5.64. The molecule has 0 unspecified atom stereocenters. The molecule has 0 amide bonds. The predicted octanol–water partition coefficient (Wildman–Crippen LogP) is 1.60. The van der Waals surface area contributed by atoms with Gasteiger partial charge in [-0.25, -0.2) is 17.5 Å². The molecule has 0 atom stereocenters. The zero-order valence-corrected chi connectivity index (χ0v) is 12.8. The lowest BCUT2D eigenvalue weighted by atomic mass is 9.71. The van der Waals surface area contributed by atoms with Gasteiger partial charge in [-0.3, -0.25) is 0 Å².